The van der Waals surface area contributed by atoms with Gasteiger partial charge in [-0.15, -0.1) is 0 Å². The van der Waals surface area contributed by atoms with Gasteiger partial charge < -0.3 is 10.2 Å². The smallest absolute Gasteiger partial charge is 0.243 e. The van der Waals surface area contributed by atoms with Crippen LogP contribution in [-0.4, -0.2) is 62.0 Å². The molecule has 4 heteroatoms. The SMILES string of the molecule is C=CC(=O)NCCN1CCN(C)CC1. The highest BCUT2D eigenvalue weighted by Gasteiger charge is 2.12. The van der Waals surface area contributed by atoms with Gasteiger partial charge in [-0.3, -0.25) is 9.69 Å². The molecule has 80 valence electrons. The van der Waals surface area contributed by atoms with Crippen molar-refractivity contribution in [2.75, 3.05) is 46.3 Å². The molecule has 0 unspecified atom stereocenters. The average molecular weight is 197 g/mol. The zero-order valence-electron chi connectivity index (χ0n) is 8.83. The topological polar surface area (TPSA) is 35.6 Å². The summed E-state index contributed by atoms with van der Waals surface area (Å²) in [5.74, 6) is -0.0841. The predicted octanol–water partition coefficient (Wildman–Crippen LogP) is -0.464. The number of hydrogen-bond donors (Lipinski definition) is 1. The highest BCUT2D eigenvalue weighted by atomic mass is 16.1. The standard InChI is InChI=1S/C10H19N3O/c1-3-10(14)11-4-5-13-8-6-12(2)7-9-13/h3H,1,4-9H2,2H3,(H,11,14). The lowest BCUT2D eigenvalue weighted by atomic mass is 10.3. The van der Waals surface area contributed by atoms with Crippen molar-refractivity contribution >= 4 is 5.91 Å². The van der Waals surface area contributed by atoms with Gasteiger partial charge in [0, 0.05) is 39.3 Å². The van der Waals surface area contributed by atoms with E-state index in [0.717, 1.165) is 32.7 Å². The van der Waals surface area contributed by atoms with E-state index in [2.05, 4.69) is 28.7 Å². The Morgan fingerprint density at radius 1 is 1.43 bits per heavy atom. The van der Waals surface area contributed by atoms with E-state index < -0.39 is 0 Å². The Morgan fingerprint density at radius 3 is 2.64 bits per heavy atom. The molecule has 0 spiro atoms. The number of nitrogens with zero attached hydrogens (tertiary/aromatic N) is 2. The second-order valence-corrected chi connectivity index (χ2v) is 3.64. The van der Waals surface area contributed by atoms with Gasteiger partial charge in [-0.25, -0.2) is 0 Å². The van der Waals surface area contributed by atoms with Crippen molar-refractivity contribution in [1.82, 2.24) is 15.1 Å². The Kier molecular flexibility index (Phi) is 4.62. The van der Waals surface area contributed by atoms with E-state index in [1.165, 1.54) is 6.08 Å². The van der Waals surface area contributed by atoms with Gasteiger partial charge in [-0.2, -0.15) is 0 Å². The first-order chi connectivity index (χ1) is 6.72. The molecule has 1 heterocycles. The van der Waals surface area contributed by atoms with Crippen LogP contribution in [0.5, 0.6) is 0 Å². The highest BCUT2D eigenvalue weighted by Crippen LogP contribution is 1.97. The van der Waals surface area contributed by atoms with Crippen molar-refractivity contribution in [3.63, 3.8) is 0 Å². The lowest BCUT2D eigenvalue weighted by molar-refractivity contribution is -0.116. The van der Waals surface area contributed by atoms with Crippen molar-refractivity contribution in [1.29, 1.82) is 0 Å². The fraction of sp³-hybridized carbons (Fsp3) is 0.700. The van der Waals surface area contributed by atoms with Crippen molar-refractivity contribution < 1.29 is 4.79 Å². The van der Waals surface area contributed by atoms with Crippen LogP contribution < -0.4 is 5.32 Å². The molecule has 0 aromatic carbocycles. The fourth-order valence-electron chi connectivity index (χ4n) is 1.48. The van der Waals surface area contributed by atoms with Gasteiger partial charge in [-0.05, 0) is 13.1 Å². The molecule has 1 fully saturated rings. The Balaban J connectivity index is 2.07. The molecule has 1 saturated heterocycles. The Hall–Kier alpha value is -0.870. The van der Waals surface area contributed by atoms with E-state index in [1.807, 2.05) is 0 Å². The first-order valence-electron chi connectivity index (χ1n) is 5.03. The summed E-state index contributed by atoms with van der Waals surface area (Å²) in [6.45, 7) is 9.49. The van der Waals surface area contributed by atoms with Gasteiger partial charge in [0.15, 0.2) is 0 Å². The minimum atomic E-state index is -0.0841. The van der Waals surface area contributed by atoms with Crippen LogP contribution in [0.3, 0.4) is 0 Å². The van der Waals surface area contributed by atoms with E-state index in [-0.39, 0.29) is 5.91 Å². The summed E-state index contributed by atoms with van der Waals surface area (Å²) in [5, 5.41) is 2.78. The van der Waals surface area contributed by atoms with Gasteiger partial charge in [0.1, 0.15) is 0 Å². The number of carbonyl (C=O) groups excluding carboxylic acids is 1. The minimum Gasteiger partial charge on any atom is -0.351 e. The van der Waals surface area contributed by atoms with E-state index in [1.54, 1.807) is 0 Å². The molecule has 1 aliphatic heterocycles. The van der Waals surface area contributed by atoms with Crippen LogP contribution in [0.25, 0.3) is 0 Å². The van der Waals surface area contributed by atoms with E-state index in [4.69, 9.17) is 0 Å². The monoisotopic (exact) mass is 197 g/mol. The van der Waals surface area contributed by atoms with Crippen LogP contribution in [0.4, 0.5) is 0 Å². The third kappa shape index (κ3) is 3.89. The second-order valence-electron chi connectivity index (χ2n) is 3.64. The Morgan fingerprint density at radius 2 is 2.07 bits per heavy atom. The molecule has 4 nitrogen and oxygen atoms in total. The Bertz CT molecular complexity index is 198. The third-order valence-corrected chi connectivity index (χ3v) is 2.51. The van der Waals surface area contributed by atoms with Crippen LogP contribution in [0.1, 0.15) is 0 Å². The largest absolute Gasteiger partial charge is 0.351 e. The first-order valence-corrected chi connectivity index (χ1v) is 5.03. The van der Waals surface area contributed by atoms with Crippen molar-refractivity contribution in [2.24, 2.45) is 0 Å². The van der Waals surface area contributed by atoms with Gasteiger partial charge >= 0.3 is 0 Å². The summed E-state index contributed by atoms with van der Waals surface area (Å²) in [6, 6.07) is 0. The number of carbonyl (C=O) groups is 1. The number of hydrogen-bond acceptors (Lipinski definition) is 3. The molecule has 1 rings (SSSR count). The summed E-state index contributed by atoms with van der Waals surface area (Å²) in [4.78, 5) is 15.5. The molecular formula is C10H19N3O. The number of piperazine rings is 1. The molecular weight excluding hydrogens is 178 g/mol. The summed E-state index contributed by atoms with van der Waals surface area (Å²) < 4.78 is 0. The van der Waals surface area contributed by atoms with E-state index in [9.17, 15) is 4.79 Å². The number of rotatable bonds is 4. The number of amides is 1. The molecule has 0 atom stereocenters. The highest BCUT2D eigenvalue weighted by molar-refractivity contribution is 5.86. The second kappa shape index (κ2) is 5.78. The number of nitrogens with one attached hydrogen (secondary N) is 1. The molecule has 1 aliphatic rings. The summed E-state index contributed by atoms with van der Waals surface area (Å²) >= 11 is 0. The summed E-state index contributed by atoms with van der Waals surface area (Å²) in [5.41, 5.74) is 0. The maximum absolute atomic E-state index is 10.8. The zero-order chi connectivity index (χ0) is 10.4. The molecule has 0 bridgehead atoms. The van der Waals surface area contributed by atoms with Crippen molar-refractivity contribution in [2.45, 2.75) is 0 Å². The van der Waals surface area contributed by atoms with Crippen LogP contribution in [-0.2, 0) is 4.79 Å². The normalized spacial score (nSPS) is 19.2. The lowest BCUT2D eigenvalue weighted by Gasteiger charge is -2.32. The maximum atomic E-state index is 10.8. The molecule has 0 saturated carbocycles. The third-order valence-electron chi connectivity index (χ3n) is 2.51. The zero-order valence-corrected chi connectivity index (χ0v) is 8.83. The molecule has 1 amide bonds. The minimum absolute atomic E-state index is 0.0841. The van der Waals surface area contributed by atoms with Gasteiger partial charge in [-0.1, -0.05) is 6.58 Å². The first kappa shape index (κ1) is 11.2. The molecule has 14 heavy (non-hydrogen) atoms. The Labute approximate surface area is 85.6 Å². The van der Waals surface area contributed by atoms with Crippen molar-refractivity contribution in [3.05, 3.63) is 12.7 Å². The van der Waals surface area contributed by atoms with Crippen LogP contribution in [0.2, 0.25) is 0 Å². The molecule has 0 aromatic heterocycles. The summed E-state index contributed by atoms with van der Waals surface area (Å²) in [7, 11) is 2.14. The molecule has 0 radical (unpaired) electrons. The fourth-order valence-corrected chi connectivity index (χ4v) is 1.48. The molecule has 0 aliphatic carbocycles. The van der Waals surface area contributed by atoms with Crippen LogP contribution in [0, 0.1) is 0 Å². The quantitative estimate of drug-likeness (QED) is 0.619. The van der Waals surface area contributed by atoms with Gasteiger partial charge in [0.25, 0.3) is 0 Å². The average Bonchev–Trinajstić information content (AvgIpc) is 2.21. The molecule has 0 aromatic rings. The predicted molar refractivity (Wildman–Crippen MR) is 57.1 cm³/mol. The van der Waals surface area contributed by atoms with Gasteiger partial charge in [0.2, 0.25) is 5.91 Å². The number of likely N-dealkylation sites (N-methyl/N-ethyl adjacent to an activating group) is 1. The lowest BCUT2D eigenvalue weighted by Crippen LogP contribution is -2.46. The van der Waals surface area contributed by atoms with Crippen LogP contribution >= 0.6 is 0 Å². The summed E-state index contributed by atoms with van der Waals surface area (Å²) in [6.07, 6.45) is 1.31. The van der Waals surface area contributed by atoms with Crippen LogP contribution in [0.15, 0.2) is 12.7 Å². The molecule has 1 N–H and O–H groups in total. The van der Waals surface area contributed by atoms with E-state index >= 15 is 0 Å². The van der Waals surface area contributed by atoms with Gasteiger partial charge in [0.05, 0.1) is 0 Å². The van der Waals surface area contributed by atoms with E-state index in [0.29, 0.717) is 6.54 Å². The van der Waals surface area contributed by atoms with Crippen molar-refractivity contribution in [3.8, 4) is 0 Å². The maximum Gasteiger partial charge on any atom is 0.243 e.